The largest absolute Gasteiger partial charge is 0.479 e. The lowest BCUT2D eigenvalue weighted by Gasteiger charge is -2.45. The van der Waals surface area contributed by atoms with Crippen LogP contribution in [0.15, 0.2) is 35.1 Å². The summed E-state index contributed by atoms with van der Waals surface area (Å²) in [5.41, 5.74) is -0.353. The fourth-order valence-corrected chi connectivity index (χ4v) is 3.66. The number of aliphatic hydroxyl groups excluding tert-OH is 1. The van der Waals surface area contributed by atoms with E-state index in [9.17, 15) is 15.2 Å². The molecule has 0 unspecified atom stereocenters. The molecule has 0 saturated carbocycles. The molecule has 1 aromatic heterocycles. The molecule has 0 radical (unpaired) electrons. The monoisotopic (exact) mass is 414 g/mol. The summed E-state index contributed by atoms with van der Waals surface area (Å²) >= 11 is 0. The van der Waals surface area contributed by atoms with E-state index in [0.717, 1.165) is 0 Å². The van der Waals surface area contributed by atoms with Crippen molar-refractivity contribution in [2.45, 2.75) is 37.6 Å². The molecule has 9 heteroatoms. The molecule has 30 heavy (non-hydrogen) atoms. The van der Waals surface area contributed by atoms with Gasteiger partial charge in [0.2, 0.25) is 0 Å². The van der Waals surface area contributed by atoms with Crippen LogP contribution in [0.3, 0.4) is 0 Å². The van der Waals surface area contributed by atoms with Gasteiger partial charge in [-0.25, -0.2) is 4.68 Å². The number of ether oxygens (including phenoxy) is 3. The highest BCUT2D eigenvalue weighted by Crippen LogP contribution is 2.42. The number of aliphatic hydroxyl groups is 1. The minimum Gasteiger partial charge on any atom is -0.479 e. The van der Waals surface area contributed by atoms with Gasteiger partial charge >= 0.3 is 0 Å². The van der Waals surface area contributed by atoms with Gasteiger partial charge < -0.3 is 24.6 Å². The van der Waals surface area contributed by atoms with Crippen LogP contribution < -0.4 is 15.6 Å². The van der Waals surface area contributed by atoms with Crippen LogP contribution in [0.4, 0.5) is 5.82 Å². The zero-order valence-electron chi connectivity index (χ0n) is 17.5. The number of aromatic nitrogens is 2. The fourth-order valence-electron chi connectivity index (χ4n) is 3.66. The molecule has 0 amide bonds. The standard InChI is InChI=1S/C21H26N4O5/c1-13(2)25-18(26)8-7-17(24-25)23-19-15-9-14(10-22)5-6-16(15)30-21(11-28-3,12-29-4)20(19)27/h5-9,13,19-20,27H,11-12H2,1-4H3,(H,23,24)/t19-,20+/m1/s1. The van der Waals surface area contributed by atoms with Crippen molar-refractivity contribution in [3.8, 4) is 11.8 Å². The van der Waals surface area contributed by atoms with E-state index >= 15 is 0 Å². The van der Waals surface area contributed by atoms with E-state index in [1.807, 2.05) is 13.8 Å². The third-order valence-electron chi connectivity index (χ3n) is 5.04. The first-order chi connectivity index (χ1) is 14.3. The van der Waals surface area contributed by atoms with Gasteiger partial charge in [-0.15, -0.1) is 0 Å². The van der Waals surface area contributed by atoms with Gasteiger partial charge in [0.15, 0.2) is 5.60 Å². The topological polar surface area (TPSA) is 119 Å². The van der Waals surface area contributed by atoms with E-state index in [0.29, 0.717) is 22.7 Å². The second-order valence-corrected chi connectivity index (χ2v) is 7.56. The molecule has 0 aliphatic carbocycles. The van der Waals surface area contributed by atoms with Gasteiger partial charge in [-0.05, 0) is 38.1 Å². The van der Waals surface area contributed by atoms with Crippen molar-refractivity contribution in [2.75, 3.05) is 32.8 Å². The Morgan fingerprint density at radius 2 is 2.00 bits per heavy atom. The second kappa shape index (κ2) is 8.83. The molecular weight excluding hydrogens is 388 g/mol. The third-order valence-corrected chi connectivity index (χ3v) is 5.04. The van der Waals surface area contributed by atoms with Gasteiger partial charge in [0.25, 0.3) is 5.56 Å². The summed E-state index contributed by atoms with van der Waals surface area (Å²) in [6.45, 7) is 3.88. The lowest BCUT2D eigenvalue weighted by molar-refractivity contribution is -0.142. The molecule has 160 valence electrons. The zero-order chi connectivity index (χ0) is 21.9. The Kier molecular flexibility index (Phi) is 6.41. The van der Waals surface area contributed by atoms with Crippen LogP contribution in [0, 0.1) is 11.3 Å². The molecule has 2 N–H and O–H groups in total. The molecule has 0 fully saturated rings. The summed E-state index contributed by atoms with van der Waals surface area (Å²) in [6, 6.07) is 9.28. The van der Waals surface area contributed by atoms with Gasteiger partial charge in [0, 0.05) is 25.8 Å². The summed E-state index contributed by atoms with van der Waals surface area (Å²) in [5, 5.41) is 28.2. The van der Waals surface area contributed by atoms with Crippen LogP contribution in [0.1, 0.15) is 37.1 Å². The molecule has 0 saturated heterocycles. The number of benzene rings is 1. The van der Waals surface area contributed by atoms with Crippen molar-refractivity contribution in [1.29, 1.82) is 5.26 Å². The van der Waals surface area contributed by atoms with E-state index in [-0.39, 0.29) is 24.8 Å². The predicted octanol–water partition coefficient (Wildman–Crippen LogP) is 1.63. The van der Waals surface area contributed by atoms with Gasteiger partial charge in [-0.3, -0.25) is 4.79 Å². The Balaban J connectivity index is 2.09. The normalized spacial score (nSPS) is 19.6. The van der Waals surface area contributed by atoms with Crippen LogP contribution in [0.2, 0.25) is 0 Å². The average Bonchev–Trinajstić information content (AvgIpc) is 2.72. The highest BCUT2D eigenvalue weighted by molar-refractivity contribution is 5.50. The van der Waals surface area contributed by atoms with E-state index in [1.54, 1.807) is 24.3 Å². The quantitative estimate of drug-likeness (QED) is 0.702. The lowest BCUT2D eigenvalue weighted by Crippen LogP contribution is -2.60. The van der Waals surface area contributed by atoms with Crippen LogP contribution in [-0.4, -0.2) is 54.0 Å². The first-order valence-corrected chi connectivity index (χ1v) is 9.60. The van der Waals surface area contributed by atoms with E-state index in [1.165, 1.54) is 25.0 Å². The number of fused-ring (bicyclic) bond motifs is 1. The highest BCUT2D eigenvalue weighted by atomic mass is 16.6. The van der Waals surface area contributed by atoms with Gasteiger partial charge in [-0.2, -0.15) is 10.4 Å². The Labute approximate surface area is 174 Å². The summed E-state index contributed by atoms with van der Waals surface area (Å²) in [6.07, 6.45) is -1.10. The van der Waals surface area contributed by atoms with Crippen LogP contribution in [0.5, 0.6) is 5.75 Å². The SMILES string of the molecule is COCC1(COC)Oc2ccc(C#N)cc2[C@@H](Nc2ccc(=O)n(C(C)C)n2)[C@@H]1O. The summed E-state index contributed by atoms with van der Waals surface area (Å²) < 4.78 is 18.1. The molecule has 1 aromatic carbocycles. The Morgan fingerprint density at radius 1 is 1.30 bits per heavy atom. The number of anilines is 1. The van der Waals surface area contributed by atoms with Crippen molar-refractivity contribution in [2.24, 2.45) is 0 Å². The van der Waals surface area contributed by atoms with Crippen molar-refractivity contribution in [3.63, 3.8) is 0 Å². The maximum atomic E-state index is 12.1. The molecule has 0 bridgehead atoms. The Bertz CT molecular complexity index is 992. The third kappa shape index (κ3) is 4.03. The highest BCUT2D eigenvalue weighted by Gasteiger charge is 2.50. The maximum absolute atomic E-state index is 12.1. The minimum atomic E-state index is -1.17. The molecule has 1 aliphatic rings. The molecule has 2 heterocycles. The molecule has 0 spiro atoms. The molecule has 3 rings (SSSR count). The van der Waals surface area contributed by atoms with Crippen molar-refractivity contribution in [3.05, 3.63) is 51.8 Å². The zero-order valence-corrected chi connectivity index (χ0v) is 17.5. The minimum absolute atomic E-state index is 0.0819. The van der Waals surface area contributed by atoms with E-state index < -0.39 is 17.7 Å². The van der Waals surface area contributed by atoms with Gasteiger partial charge in [-0.1, -0.05) is 0 Å². The molecule has 2 aromatic rings. The molecular formula is C21H26N4O5. The number of rotatable bonds is 7. The van der Waals surface area contributed by atoms with Crippen LogP contribution in [0.25, 0.3) is 0 Å². The smallest absolute Gasteiger partial charge is 0.267 e. The van der Waals surface area contributed by atoms with Crippen molar-refractivity contribution in [1.82, 2.24) is 9.78 Å². The maximum Gasteiger partial charge on any atom is 0.267 e. The van der Waals surface area contributed by atoms with E-state index in [4.69, 9.17) is 14.2 Å². The van der Waals surface area contributed by atoms with Crippen molar-refractivity contribution >= 4 is 5.82 Å². The molecule has 2 atom stereocenters. The van der Waals surface area contributed by atoms with Gasteiger partial charge in [0.05, 0.1) is 36.9 Å². The number of hydrogen-bond acceptors (Lipinski definition) is 8. The summed E-state index contributed by atoms with van der Waals surface area (Å²) in [5.74, 6) is 0.911. The van der Waals surface area contributed by atoms with Crippen molar-refractivity contribution < 1.29 is 19.3 Å². The molecule has 1 aliphatic heterocycles. The summed E-state index contributed by atoms with van der Waals surface area (Å²) in [4.78, 5) is 12.1. The number of hydrogen-bond donors (Lipinski definition) is 2. The number of nitrogens with one attached hydrogen (secondary N) is 1. The first-order valence-electron chi connectivity index (χ1n) is 9.60. The van der Waals surface area contributed by atoms with E-state index in [2.05, 4.69) is 16.5 Å². The predicted molar refractivity (Wildman–Crippen MR) is 110 cm³/mol. The van der Waals surface area contributed by atoms with Crippen LogP contribution in [-0.2, 0) is 9.47 Å². The lowest BCUT2D eigenvalue weighted by atomic mass is 9.84. The average molecular weight is 414 g/mol. The first kappa shape index (κ1) is 21.8. The fraction of sp³-hybridized carbons (Fsp3) is 0.476. The Morgan fingerprint density at radius 3 is 2.60 bits per heavy atom. The summed E-state index contributed by atoms with van der Waals surface area (Å²) in [7, 11) is 3.04. The van der Waals surface area contributed by atoms with Gasteiger partial charge in [0.1, 0.15) is 17.7 Å². The second-order valence-electron chi connectivity index (χ2n) is 7.56. The number of methoxy groups -OCH3 is 2. The number of nitriles is 1. The Hall–Kier alpha value is -2.93. The molecule has 9 nitrogen and oxygen atoms in total. The van der Waals surface area contributed by atoms with Crippen LogP contribution >= 0.6 is 0 Å². The number of nitrogens with zero attached hydrogens (tertiary/aromatic N) is 3.